The van der Waals surface area contributed by atoms with Crippen molar-refractivity contribution in [3.63, 3.8) is 0 Å². The summed E-state index contributed by atoms with van der Waals surface area (Å²) in [5.41, 5.74) is -0.412. The first-order chi connectivity index (χ1) is 8.44. The molecule has 0 spiro atoms. The zero-order valence-corrected chi connectivity index (χ0v) is 11.8. The van der Waals surface area contributed by atoms with Crippen molar-refractivity contribution in [1.29, 1.82) is 0 Å². The van der Waals surface area contributed by atoms with Gasteiger partial charge in [0.2, 0.25) is 0 Å². The second-order valence-electron chi connectivity index (χ2n) is 6.67. The van der Waals surface area contributed by atoms with E-state index in [4.69, 9.17) is 4.74 Å². The fourth-order valence-corrected chi connectivity index (χ4v) is 3.09. The number of ether oxygens (including phenoxy) is 1. The Bertz CT molecular complexity index is 299. The van der Waals surface area contributed by atoms with Crippen LogP contribution in [0.1, 0.15) is 46.5 Å². The van der Waals surface area contributed by atoms with Gasteiger partial charge >= 0.3 is 6.09 Å². The molecular weight excluding hydrogens is 228 g/mol. The van der Waals surface area contributed by atoms with E-state index in [1.807, 2.05) is 20.8 Å². The molecule has 104 valence electrons. The molecule has 3 atom stereocenters. The minimum absolute atomic E-state index is 0.291. The Hall–Kier alpha value is -0.770. The molecule has 1 aliphatic carbocycles. The Morgan fingerprint density at radius 2 is 2.17 bits per heavy atom. The molecule has 0 aromatic rings. The second-order valence-corrected chi connectivity index (χ2v) is 6.67. The highest BCUT2D eigenvalue weighted by Crippen LogP contribution is 2.33. The van der Waals surface area contributed by atoms with Gasteiger partial charge in [-0.3, -0.25) is 0 Å². The van der Waals surface area contributed by atoms with Gasteiger partial charge in [-0.2, -0.15) is 0 Å². The molecule has 18 heavy (non-hydrogen) atoms. The van der Waals surface area contributed by atoms with Crippen LogP contribution in [-0.4, -0.2) is 30.8 Å². The van der Waals surface area contributed by atoms with Gasteiger partial charge in [-0.1, -0.05) is 6.42 Å². The van der Waals surface area contributed by atoms with Gasteiger partial charge in [0.1, 0.15) is 5.60 Å². The van der Waals surface area contributed by atoms with E-state index in [-0.39, 0.29) is 6.09 Å². The summed E-state index contributed by atoms with van der Waals surface area (Å²) >= 11 is 0. The van der Waals surface area contributed by atoms with Gasteiger partial charge in [0.15, 0.2) is 0 Å². The van der Waals surface area contributed by atoms with Gasteiger partial charge in [-0.15, -0.1) is 0 Å². The maximum Gasteiger partial charge on any atom is 0.407 e. The molecule has 2 N–H and O–H groups in total. The van der Waals surface area contributed by atoms with Gasteiger partial charge in [0, 0.05) is 19.1 Å². The molecule has 0 aromatic heterocycles. The molecule has 3 unspecified atom stereocenters. The summed E-state index contributed by atoms with van der Waals surface area (Å²) in [6.07, 6.45) is 4.95. The molecule has 1 saturated carbocycles. The molecular formula is C14H26N2O2. The Kier molecular flexibility index (Phi) is 4.15. The molecule has 2 bridgehead atoms. The number of rotatable bonds is 2. The number of piperidine rings is 1. The van der Waals surface area contributed by atoms with Crippen LogP contribution in [0.3, 0.4) is 0 Å². The predicted octanol–water partition coefficient (Wildman–Crippen LogP) is 2.29. The lowest BCUT2D eigenvalue weighted by Crippen LogP contribution is -2.50. The quantitative estimate of drug-likeness (QED) is 0.795. The number of amides is 1. The molecule has 0 aromatic carbocycles. The summed E-state index contributed by atoms with van der Waals surface area (Å²) < 4.78 is 5.26. The van der Waals surface area contributed by atoms with Crippen molar-refractivity contribution in [3.8, 4) is 0 Å². The highest BCUT2D eigenvalue weighted by Gasteiger charge is 2.33. The van der Waals surface area contributed by atoms with Gasteiger partial charge < -0.3 is 15.4 Å². The SMILES string of the molecule is CC(C)(C)OC(=O)NCC1CNC2CCCC1C2. The molecule has 4 heteroatoms. The van der Waals surface area contributed by atoms with Crippen molar-refractivity contribution < 1.29 is 9.53 Å². The molecule has 1 heterocycles. The van der Waals surface area contributed by atoms with Crippen LogP contribution < -0.4 is 10.6 Å². The predicted molar refractivity (Wildman–Crippen MR) is 71.5 cm³/mol. The van der Waals surface area contributed by atoms with E-state index in [0.717, 1.165) is 25.0 Å². The van der Waals surface area contributed by atoms with Crippen LogP contribution in [0.2, 0.25) is 0 Å². The van der Waals surface area contributed by atoms with Crippen LogP contribution in [0.4, 0.5) is 4.79 Å². The van der Waals surface area contributed by atoms with Crippen LogP contribution in [-0.2, 0) is 4.74 Å². The van der Waals surface area contributed by atoms with Crippen LogP contribution >= 0.6 is 0 Å². The number of carbonyl (C=O) groups excluding carboxylic acids is 1. The lowest BCUT2D eigenvalue weighted by atomic mass is 9.74. The average molecular weight is 254 g/mol. The molecule has 2 aliphatic rings. The summed E-state index contributed by atoms with van der Waals surface area (Å²) in [4.78, 5) is 11.6. The van der Waals surface area contributed by atoms with Gasteiger partial charge in [0.05, 0.1) is 0 Å². The third-order valence-corrected chi connectivity index (χ3v) is 3.96. The van der Waals surface area contributed by atoms with E-state index in [2.05, 4.69) is 10.6 Å². The molecule has 4 nitrogen and oxygen atoms in total. The lowest BCUT2D eigenvalue weighted by molar-refractivity contribution is 0.0498. The average Bonchev–Trinajstić information content (AvgIpc) is 2.26. The highest BCUT2D eigenvalue weighted by atomic mass is 16.6. The first kappa shape index (κ1) is 13.7. The number of hydrogen-bond donors (Lipinski definition) is 2. The number of fused-ring (bicyclic) bond motifs is 2. The lowest BCUT2D eigenvalue weighted by Gasteiger charge is -2.41. The van der Waals surface area contributed by atoms with E-state index < -0.39 is 5.60 Å². The molecule has 2 fully saturated rings. The Balaban J connectivity index is 1.74. The second kappa shape index (κ2) is 5.47. The minimum Gasteiger partial charge on any atom is -0.444 e. The maximum absolute atomic E-state index is 11.6. The van der Waals surface area contributed by atoms with Crippen LogP contribution in [0.5, 0.6) is 0 Å². The third kappa shape index (κ3) is 3.87. The zero-order valence-electron chi connectivity index (χ0n) is 11.8. The minimum atomic E-state index is -0.412. The van der Waals surface area contributed by atoms with E-state index in [1.165, 1.54) is 25.7 Å². The summed E-state index contributed by atoms with van der Waals surface area (Å²) in [5.74, 6) is 1.34. The van der Waals surface area contributed by atoms with E-state index >= 15 is 0 Å². The molecule has 1 aliphatic heterocycles. The number of nitrogens with one attached hydrogen (secondary N) is 2. The fourth-order valence-electron chi connectivity index (χ4n) is 3.09. The van der Waals surface area contributed by atoms with Crippen molar-refractivity contribution in [2.75, 3.05) is 13.1 Å². The monoisotopic (exact) mass is 254 g/mol. The Morgan fingerprint density at radius 1 is 1.39 bits per heavy atom. The maximum atomic E-state index is 11.6. The van der Waals surface area contributed by atoms with E-state index in [1.54, 1.807) is 0 Å². The van der Waals surface area contributed by atoms with E-state index in [9.17, 15) is 4.79 Å². The summed E-state index contributed by atoms with van der Waals surface area (Å²) in [5, 5.41) is 6.49. The van der Waals surface area contributed by atoms with Crippen molar-refractivity contribution in [2.45, 2.75) is 58.1 Å². The third-order valence-electron chi connectivity index (χ3n) is 3.96. The largest absolute Gasteiger partial charge is 0.444 e. The highest BCUT2D eigenvalue weighted by molar-refractivity contribution is 5.67. The molecule has 1 saturated heterocycles. The van der Waals surface area contributed by atoms with Crippen LogP contribution in [0, 0.1) is 11.8 Å². The summed E-state index contributed by atoms with van der Waals surface area (Å²) in [7, 11) is 0. The Morgan fingerprint density at radius 3 is 2.89 bits per heavy atom. The summed E-state index contributed by atoms with van der Waals surface area (Å²) in [6.45, 7) is 7.44. The van der Waals surface area contributed by atoms with E-state index in [0.29, 0.717) is 5.92 Å². The smallest absolute Gasteiger partial charge is 0.407 e. The number of carbonyl (C=O) groups is 1. The Labute approximate surface area is 110 Å². The standard InChI is InChI=1S/C14H26N2O2/c1-14(2,3)18-13(17)16-9-11-8-15-12-6-4-5-10(11)7-12/h10-12,15H,4-9H2,1-3H3,(H,16,17). The van der Waals surface area contributed by atoms with Gasteiger partial charge in [0.25, 0.3) is 0 Å². The summed E-state index contributed by atoms with van der Waals surface area (Å²) in [6, 6.07) is 0.724. The first-order valence-electron chi connectivity index (χ1n) is 7.14. The van der Waals surface area contributed by atoms with Crippen molar-refractivity contribution in [2.24, 2.45) is 11.8 Å². The van der Waals surface area contributed by atoms with Crippen molar-refractivity contribution in [3.05, 3.63) is 0 Å². The first-order valence-corrected chi connectivity index (χ1v) is 7.14. The van der Waals surface area contributed by atoms with Crippen LogP contribution in [0.15, 0.2) is 0 Å². The number of hydrogen-bond acceptors (Lipinski definition) is 3. The fraction of sp³-hybridized carbons (Fsp3) is 0.929. The molecule has 1 amide bonds. The normalized spacial score (nSPS) is 31.8. The molecule has 2 rings (SSSR count). The van der Waals surface area contributed by atoms with Crippen LogP contribution in [0.25, 0.3) is 0 Å². The van der Waals surface area contributed by atoms with Gasteiger partial charge in [-0.25, -0.2) is 4.79 Å². The molecule has 0 radical (unpaired) electrons. The van der Waals surface area contributed by atoms with Crippen molar-refractivity contribution >= 4 is 6.09 Å². The van der Waals surface area contributed by atoms with Crippen molar-refractivity contribution in [1.82, 2.24) is 10.6 Å². The topological polar surface area (TPSA) is 50.4 Å². The zero-order chi connectivity index (χ0) is 13.2. The number of alkyl carbamates (subject to hydrolysis) is 1. The van der Waals surface area contributed by atoms with Gasteiger partial charge in [-0.05, 0) is 51.9 Å².